The second-order valence-corrected chi connectivity index (χ2v) is 6.92. The van der Waals surface area contributed by atoms with Crippen molar-refractivity contribution in [2.24, 2.45) is 5.10 Å². The minimum Gasteiger partial charge on any atom is -0.328 e. The van der Waals surface area contributed by atoms with Gasteiger partial charge in [-0.2, -0.15) is 5.10 Å². The van der Waals surface area contributed by atoms with Gasteiger partial charge in [-0.25, -0.2) is 0 Å². The topological polar surface area (TPSA) is 20.0 Å². The van der Waals surface area contributed by atoms with E-state index in [1.54, 1.807) is 4.90 Å². The van der Waals surface area contributed by atoms with Crippen LogP contribution in [-0.4, -0.2) is 37.4 Å². The highest BCUT2D eigenvalue weighted by Crippen LogP contribution is 2.13. The van der Waals surface area contributed by atoms with Crippen LogP contribution in [0, 0.1) is 0 Å². The lowest BCUT2D eigenvalue weighted by molar-refractivity contribution is -0.918. The Morgan fingerprint density at radius 1 is 1.08 bits per heavy atom. The highest BCUT2D eigenvalue weighted by Gasteiger charge is 2.19. The van der Waals surface area contributed by atoms with Crippen LogP contribution in [0.5, 0.6) is 0 Å². The molecule has 0 unspecified atom stereocenters. The predicted octanol–water partition coefficient (Wildman–Crippen LogP) is 3.13. The Hall–Kier alpha value is -2.10. The molecule has 2 aromatic carbocycles. The Labute approximate surface area is 155 Å². The molecule has 0 atom stereocenters. The van der Waals surface area contributed by atoms with Gasteiger partial charge in [0.15, 0.2) is 0 Å². The van der Waals surface area contributed by atoms with Gasteiger partial charge in [0.1, 0.15) is 6.54 Å². The smallest absolute Gasteiger partial charge is 0.104 e. The van der Waals surface area contributed by atoms with E-state index >= 15 is 0 Å². The molecule has 4 heteroatoms. The highest BCUT2D eigenvalue weighted by molar-refractivity contribution is 6.31. The Kier molecular flexibility index (Phi) is 6.26. The van der Waals surface area contributed by atoms with Crippen molar-refractivity contribution in [3.8, 4) is 0 Å². The van der Waals surface area contributed by atoms with Crippen molar-refractivity contribution in [2.75, 3.05) is 26.2 Å². The standard InChI is InChI=1S/C21H24ClN3/c1-18(15-19-7-3-2-4-8-19)16-23-25-13-11-24(12-14-25)17-20-9-5-6-10-21(20)22/h2-10,15-16H,11-14,17H2,1H3/p+1/b18-15-,23-16-. The summed E-state index contributed by atoms with van der Waals surface area (Å²) in [5.41, 5.74) is 3.61. The average molecular weight is 355 g/mol. The van der Waals surface area contributed by atoms with Crippen LogP contribution in [-0.2, 0) is 6.54 Å². The Morgan fingerprint density at radius 3 is 2.48 bits per heavy atom. The summed E-state index contributed by atoms with van der Waals surface area (Å²) >= 11 is 6.27. The maximum absolute atomic E-state index is 6.27. The fourth-order valence-electron chi connectivity index (χ4n) is 3.04. The molecule has 2 aromatic rings. The number of halogens is 1. The van der Waals surface area contributed by atoms with E-state index in [4.69, 9.17) is 11.6 Å². The first kappa shape index (κ1) is 17.7. The summed E-state index contributed by atoms with van der Waals surface area (Å²) in [5.74, 6) is 0. The van der Waals surface area contributed by atoms with Crippen LogP contribution < -0.4 is 4.90 Å². The lowest BCUT2D eigenvalue weighted by Crippen LogP contribution is -3.13. The molecule has 0 aliphatic carbocycles. The zero-order valence-electron chi connectivity index (χ0n) is 14.7. The summed E-state index contributed by atoms with van der Waals surface area (Å²) in [4.78, 5) is 1.57. The second kappa shape index (κ2) is 8.84. The van der Waals surface area contributed by atoms with Gasteiger partial charge in [0, 0.05) is 16.8 Å². The van der Waals surface area contributed by atoms with Crippen LogP contribution in [0.4, 0.5) is 0 Å². The summed E-state index contributed by atoms with van der Waals surface area (Å²) in [7, 11) is 0. The molecule has 1 aliphatic heterocycles. The van der Waals surface area contributed by atoms with Crippen molar-refractivity contribution in [3.05, 3.63) is 76.3 Å². The number of hydrogen-bond donors (Lipinski definition) is 1. The van der Waals surface area contributed by atoms with Crippen LogP contribution in [0.2, 0.25) is 5.02 Å². The number of nitrogens with zero attached hydrogens (tertiary/aromatic N) is 2. The van der Waals surface area contributed by atoms with E-state index in [1.165, 1.54) is 11.1 Å². The minimum atomic E-state index is 0.872. The first-order valence-corrected chi connectivity index (χ1v) is 9.18. The molecule has 0 aromatic heterocycles. The third-order valence-electron chi connectivity index (χ3n) is 4.46. The SMILES string of the molecule is CC(/C=N\N1CC[NH+](Cc2ccccc2Cl)CC1)=C/c1ccccc1. The van der Waals surface area contributed by atoms with Crippen LogP contribution >= 0.6 is 11.6 Å². The lowest BCUT2D eigenvalue weighted by atomic mass is 10.1. The molecular formula is C21H25ClN3+. The predicted molar refractivity (Wildman–Crippen MR) is 106 cm³/mol. The Morgan fingerprint density at radius 2 is 1.76 bits per heavy atom. The number of rotatable bonds is 5. The van der Waals surface area contributed by atoms with Crippen LogP contribution in [0.15, 0.2) is 65.3 Å². The fourth-order valence-corrected chi connectivity index (χ4v) is 3.24. The number of nitrogens with one attached hydrogen (secondary N) is 1. The molecule has 0 spiro atoms. The van der Waals surface area contributed by atoms with Gasteiger partial charge in [0.25, 0.3) is 0 Å². The van der Waals surface area contributed by atoms with E-state index in [1.807, 2.05) is 24.4 Å². The number of hydrogen-bond acceptors (Lipinski definition) is 2. The maximum atomic E-state index is 6.27. The van der Waals surface area contributed by atoms with E-state index in [9.17, 15) is 0 Å². The van der Waals surface area contributed by atoms with Gasteiger partial charge in [-0.1, -0.05) is 66.2 Å². The number of piperazine rings is 1. The molecule has 1 aliphatic rings. The number of allylic oxidation sites excluding steroid dienone is 1. The molecule has 0 saturated carbocycles. The van der Waals surface area contributed by atoms with Gasteiger partial charge in [0.2, 0.25) is 0 Å². The molecule has 3 rings (SSSR count). The van der Waals surface area contributed by atoms with Gasteiger partial charge in [-0.15, -0.1) is 0 Å². The van der Waals surface area contributed by atoms with Crippen molar-refractivity contribution in [1.82, 2.24) is 5.01 Å². The molecule has 1 heterocycles. The van der Waals surface area contributed by atoms with Gasteiger partial charge >= 0.3 is 0 Å². The zero-order chi connectivity index (χ0) is 17.5. The fraction of sp³-hybridized carbons (Fsp3) is 0.286. The van der Waals surface area contributed by atoms with Crippen molar-refractivity contribution in [2.45, 2.75) is 13.5 Å². The number of quaternary nitrogens is 1. The summed E-state index contributed by atoms with van der Waals surface area (Å²) in [6.45, 7) is 7.22. The van der Waals surface area contributed by atoms with Crippen LogP contribution in [0.1, 0.15) is 18.1 Å². The van der Waals surface area contributed by atoms with E-state index in [2.05, 4.69) is 59.5 Å². The maximum Gasteiger partial charge on any atom is 0.104 e. The normalized spacial score (nSPS) is 16.6. The first-order valence-electron chi connectivity index (χ1n) is 8.80. The monoisotopic (exact) mass is 354 g/mol. The molecule has 130 valence electrons. The van der Waals surface area contributed by atoms with Gasteiger partial charge in [-0.05, 0) is 24.1 Å². The van der Waals surface area contributed by atoms with Crippen molar-refractivity contribution in [1.29, 1.82) is 0 Å². The Balaban J connectivity index is 1.49. The molecule has 0 radical (unpaired) electrons. The quantitative estimate of drug-likeness (QED) is 0.818. The van der Waals surface area contributed by atoms with E-state index in [0.717, 1.165) is 43.3 Å². The third-order valence-corrected chi connectivity index (χ3v) is 4.83. The van der Waals surface area contributed by atoms with Crippen molar-refractivity contribution < 1.29 is 4.90 Å². The molecule has 1 N–H and O–H groups in total. The Bertz CT molecular complexity index is 732. The molecule has 3 nitrogen and oxygen atoms in total. The molecule has 0 bridgehead atoms. The number of hydrazone groups is 1. The summed E-state index contributed by atoms with van der Waals surface area (Å²) in [5, 5.41) is 7.68. The molecule has 25 heavy (non-hydrogen) atoms. The average Bonchev–Trinajstić information content (AvgIpc) is 2.64. The van der Waals surface area contributed by atoms with E-state index in [-0.39, 0.29) is 0 Å². The van der Waals surface area contributed by atoms with Crippen molar-refractivity contribution in [3.63, 3.8) is 0 Å². The third kappa shape index (κ3) is 5.45. The second-order valence-electron chi connectivity index (χ2n) is 6.52. The molecule has 1 saturated heterocycles. The van der Waals surface area contributed by atoms with Crippen LogP contribution in [0.3, 0.4) is 0 Å². The summed E-state index contributed by atoms with van der Waals surface area (Å²) < 4.78 is 0. The van der Waals surface area contributed by atoms with Gasteiger partial charge in [0.05, 0.1) is 26.2 Å². The molecule has 1 fully saturated rings. The first-order chi connectivity index (χ1) is 12.2. The lowest BCUT2D eigenvalue weighted by Gasteiger charge is -2.30. The zero-order valence-corrected chi connectivity index (χ0v) is 15.4. The summed E-state index contributed by atoms with van der Waals surface area (Å²) in [6, 6.07) is 18.5. The molecule has 0 amide bonds. The van der Waals surface area contributed by atoms with Gasteiger partial charge < -0.3 is 4.90 Å². The van der Waals surface area contributed by atoms with E-state index in [0.29, 0.717) is 0 Å². The molecular weight excluding hydrogens is 330 g/mol. The highest BCUT2D eigenvalue weighted by atomic mass is 35.5. The van der Waals surface area contributed by atoms with E-state index < -0.39 is 0 Å². The largest absolute Gasteiger partial charge is 0.328 e. The number of benzene rings is 2. The van der Waals surface area contributed by atoms with Crippen molar-refractivity contribution >= 4 is 23.9 Å². The van der Waals surface area contributed by atoms with Gasteiger partial charge in [-0.3, -0.25) is 5.01 Å². The van der Waals surface area contributed by atoms with Crippen LogP contribution in [0.25, 0.3) is 6.08 Å². The summed E-state index contributed by atoms with van der Waals surface area (Å²) in [6.07, 6.45) is 4.12. The minimum absolute atomic E-state index is 0.872.